The van der Waals surface area contributed by atoms with Crippen molar-refractivity contribution < 1.29 is 17.9 Å². The number of nitrogens with zero attached hydrogens (tertiary/aromatic N) is 4. The number of rotatable bonds is 8. The van der Waals surface area contributed by atoms with Crippen LogP contribution in [0.1, 0.15) is 25.1 Å². The van der Waals surface area contributed by atoms with Crippen molar-refractivity contribution >= 4 is 44.3 Å². The summed E-state index contributed by atoms with van der Waals surface area (Å²) in [6.45, 7) is 7.64. The number of carbonyl (C=O) groups is 1. The highest BCUT2D eigenvalue weighted by Gasteiger charge is 2.25. The Balaban J connectivity index is 1.77. The van der Waals surface area contributed by atoms with Crippen molar-refractivity contribution in [1.29, 1.82) is 0 Å². The van der Waals surface area contributed by atoms with Crippen molar-refractivity contribution in [2.45, 2.75) is 32.6 Å². The smallest absolute Gasteiger partial charge is 0.262 e. The van der Waals surface area contributed by atoms with E-state index in [-0.39, 0.29) is 16.5 Å². The van der Waals surface area contributed by atoms with Gasteiger partial charge in [-0.2, -0.15) is 4.31 Å². The Morgan fingerprint density at radius 3 is 2.56 bits per heavy atom. The SMILES string of the molecule is CCN(CC)S(=O)(=O)c1cc(NC(=O)COc2nn(C)c3nc(C)cc(C)c23)ccc1Cl. The Kier molecular flexibility index (Phi) is 7.06. The van der Waals surface area contributed by atoms with Crippen molar-refractivity contribution in [3.63, 3.8) is 0 Å². The van der Waals surface area contributed by atoms with Crippen molar-refractivity contribution in [3.8, 4) is 5.88 Å². The predicted molar refractivity (Wildman–Crippen MR) is 124 cm³/mol. The van der Waals surface area contributed by atoms with Crippen LogP contribution in [0.4, 0.5) is 5.69 Å². The number of aryl methyl sites for hydroxylation is 3. The minimum Gasteiger partial charge on any atom is -0.466 e. The van der Waals surface area contributed by atoms with E-state index in [4.69, 9.17) is 16.3 Å². The van der Waals surface area contributed by atoms with E-state index in [9.17, 15) is 13.2 Å². The molecule has 0 aliphatic rings. The predicted octanol–water partition coefficient (Wildman–Crippen LogP) is 3.29. The number of hydrogen-bond donors (Lipinski definition) is 1. The van der Waals surface area contributed by atoms with Gasteiger partial charge in [0.15, 0.2) is 12.3 Å². The fraction of sp³-hybridized carbons (Fsp3) is 0.381. The van der Waals surface area contributed by atoms with E-state index in [0.717, 1.165) is 16.6 Å². The summed E-state index contributed by atoms with van der Waals surface area (Å²) in [5.41, 5.74) is 2.77. The average Bonchev–Trinajstić information content (AvgIpc) is 3.04. The number of anilines is 1. The minimum atomic E-state index is -3.78. The van der Waals surface area contributed by atoms with Crippen LogP contribution < -0.4 is 10.1 Å². The molecule has 2 heterocycles. The van der Waals surface area contributed by atoms with E-state index in [1.165, 1.54) is 22.5 Å². The molecular formula is C21H26ClN5O4S. The highest BCUT2D eigenvalue weighted by Crippen LogP contribution is 2.29. The van der Waals surface area contributed by atoms with Crippen molar-refractivity contribution in [2.75, 3.05) is 25.0 Å². The van der Waals surface area contributed by atoms with Gasteiger partial charge in [0.1, 0.15) is 4.90 Å². The van der Waals surface area contributed by atoms with Crippen LogP contribution in [-0.2, 0) is 21.9 Å². The number of nitrogens with one attached hydrogen (secondary N) is 1. The van der Waals surface area contributed by atoms with Gasteiger partial charge in [0, 0.05) is 31.5 Å². The van der Waals surface area contributed by atoms with E-state index in [2.05, 4.69) is 15.4 Å². The molecule has 0 atom stereocenters. The molecule has 1 aromatic carbocycles. The molecule has 32 heavy (non-hydrogen) atoms. The first-order valence-electron chi connectivity index (χ1n) is 10.1. The highest BCUT2D eigenvalue weighted by atomic mass is 35.5. The maximum absolute atomic E-state index is 12.8. The van der Waals surface area contributed by atoms with E-state index in [1.807, 2.05) is 19.9 Å². The normalized spacial score (nSPS) is 11.8. The van der Waals surface area contributed by atoms with Crippen LogP contribution in [0.3, 0.4) is 0 Å². The summed E-state index contributed by atoms with van der Waals surface area (Å²) in [6.07, 6.45) is 0. The van der Waals surface area contributed by atoms with Crippen LogP contribution in [0.15, 0.2) is 29.2 Å². The molecule has 0 bridgehead atoms. The van der Waals surface area contributed by atoms with Gasteiger partial charge < -0.3 is 10.1 Å². The Morgan fingerprint density at radius 1 is 1.22 bits per heavy atom. The number of pyridine rings is 1. The Labute approximate surface area is 192 Å². The number of aromatic nitrogens is 3. The van der Waals surface area contributed by atoms with Crippen LogP contribution >= 0.6 is 11.6 Å². The van der Waals surface area contributed by atoms with Gasteiger partial charge in [0.25, 0.3) is 5.91 Å². The van der Waals surface area contributed by atoms with Gasteiger partial charge in [-0.15, -0.1) is 5.10 Å². The van der Waals surface area contributed by atoms with Crippen LogP contribution in [0.2, 0.25) is 5.02 Å². The number of halogens is 1. The fourth-order valence-corrected chi connectivity index (χ4v) is 5.42. The average molecular weight is 480 g/mol. The lowest BCUT2D eigenvalue weighted by atomic mass is 10.2. The summed E-state index contributed by atoms with van der Waals surface area (Å²) in [7, 11) is -2.02. The standard InChI is InChI=1S/C21H26ClN5O4S/c1-6-27(7-2)32(29,30)17-11-15(8-9-16(17)22)24-18(28)12-31-21-19-13(3)10-14(4)23-20(19)26(5)25-21/h8-11H,6-7,12H2,1-5H3,(H,24,28). The second kappa shape index (κ2) is 9.43. The highest BCUT2D eigenvalue weighted by molar-refractivity contribution is 7.89. The molecular weight excluding hydrogens is 454 g/mol. The van der Waals surface area contributed by atoms with Crippen molar-refractivity contribution in [1.82, 2.24) is 19.1 Å². The maximum Gasteiger partial charge on any atom is 0.262 e. The van der Waals surface area contributed by atoms with Crippen LogP contribution in [0.25, 0.3) is 11.0 Å². The summed E-state index contributed by atoms with van der Waals surface area (Å²) in [5, 5.41) is 7.79. The molecule has 3 rings (SSSR count). The molecule has 0 spiro atoms. The largest absolute Gasteiger partial charge is 0.466 e. The number of ether oxygens (including phenoxy) is 1. The zero-order valence-electron chi connectivity index (χ0n) is 18.6. The molecule has 1 amide bonds. The van der Waals surface area contributed by atoms with Gasteiger partial charge in [-0.25, -0.2) is 18.1 Å². The lowest BCUT2D eigenvalue weighted by Gasteiger charge is -2.19. The Hall–Kier alpha value is -2.69. The molecule has 172 valence electrons. The van der Waals surface area contributed by atoms with E-state index < -0.39 is 15.9 Å². The molecule has 0 radical (unpaired) electrons. The van der Waals surface area contributed by atoms with Gasteiger partial charge in [0.05, 0.1) is 10.4 Å². The fourth-order valence-electron chi connectivity index (χ4n) is 3.46. The van der Waals surface area contributed by atoms with Gasteiger partial charge in [-0.1, -0.05) is 25.4 Å². The molecule has 0 fully saturated rings. The number of amides is 1. The zero-order valence-corrected chi connectivity index (χ0v) is 20.2. The van der Waals surface area contributed by atoms with Crippen molar-refractivity contribution in [2.24, 2.45) is 7.05 Å². The van der Waals surface area contributed by atoms with Gasteiger partial charge in [-0.3, -0.25) is 4.79 Å². The molecule has 0 saturated carbocycles. The molecule has 1 N–H and O–H groups in total. The van der Waals surface area contributed by atoms with Gasteiger partial charge in [0.2, 0.25) is 15.9 Å². The molecule has 0 aliphatic heterocycles. The third kappa shape index (κ3) is 4.72. The number of carbonyl (C=O) groups excluding carboxylic acids is 1. The molecule has 0 unspecified atom stereocenters. The minimum absolute atomic E-state index is 0.0608. The summed E-state index contributed by atoms with van der Waals surface area (Å²) >= 11 is 6.14. The van der Waals surface area contributed by atoms with E-state index >= 15 is 0 Å². The summed E-state index contributed by atoms with van der Waals surface area (Å²) < 4.78 is 34.2. The van der Waals surface area contributed by atoms with Crippen molar-refractivity contribution in [3.05, 3.63) is 40.5 Å². The zero-order chi connectivity index (χ0) is 23.6. The lowest BCUT2D eigenvalue weighted by molar-refractivity contribution is -0.118. The molecule has 0 saturated heterocycles. The topological polar surface area (TPSA) is 106 Å². The monoisotopic (exact) mass is 479 g/mol. The van der Waals surface area contributed by atoms with E-state index in [0.29, 0.717) is 30.3 Å². The number of sulfonamides is 1. The summed E-state index contributed by atoms with van der Waals surface area (Å²) in [4.78, 5) is 16.9. The molecule has 2 aromatic heterocycles. The molecule has 0 aliphatic carbocycles. The third-order valence-electron chi connectivity index (χ3n) is 4.96. The van der Waals surface area contributed by atoms with Crippen LogP contribution in [0.5, 0.6) is 5.88 Å². The molecule has 3 aromatic rings. The second-order valence-corrected chi connectivity index (χ2v) is 9.59. The first kappa shape index (κ1) is 24.0. The Bertz CT molecular complexity index is 1270. The van der Waals surface area contributed by atoms with Crippen LogP contribution in [-0.4, -0.2) is 53.1 Å². The maximum atomic E-state index is 12.8. The number of hydrogen-bond acceptors (Lipinski definition) is 6. The number of fused-ring (bicyclic) bond motifs is 1. The molecule has 9 nitrogen and oxygen atoms in total. The molecule has 11 heteroatoms. The van der Waals surface area contributed by atoms with Crippen LogP contribution in [0, 0.1) is 13.8 Å². The first-order valence-corrected chi connectivity index (χ1v) is 11.9. The Morgan fingerprint density at radius 2 is 1.91 bits per heavy atom. The van der Waals surface area contributed by atoms with Gasteiger partial charge >= 0.3 is 0 Å². The lowest BCUT2D eigenvalue weighted by Crippen LogP contribution is -2.31. The second-order valence-electron chi connectivity index (χ2n) is 7.28. The summed E-state index contributed by atoms with van der Waals surface area (Å²) in [5.74, 6) is -0.154. The van der Waals surface area contributed by atoms with E-state index in [1.54, 1.807) is 25.6 Å². The number of benzene rings is 1. The third-order valence-corrected chi connectivity index (χ3v) is 7.50. The van der Waals surface area contributed by atoms with Gasteiger partial charge in [-0.05, 0) is 43.7 Å². The summed E-state index contributed by atoms with van der Waals surface area (Å²) in [6, 6.07) is 6.25. The quantitative estimate of drug-likeness (QED) is 0.531. The first-order chi connectivity index (χ1) is 15.1.